The van der Waals surface area contributed by atoms with Gasteiger partial charge >= 0.3 is 0 Å². The molecule has 0 unspecified atom stereocenters. The van der Waals surface area contributed by atoms with Crippen LogP contribution in [-0.4, -0.2) is 26.7 Å². The van der Waals surface area contributed by atoms with Crippen LogP contribution in [0.2, 0.25) is 0 Å². The molecule has 1 aromatic carbocycles. The Morgan fingerprint density at radius 3 is 2.57 bits per heavy atom. The third kappa shape index (κ3) is 4.09. The normalized spacial score (nSPS) is 16.6. The molecular formula is C24H30N4O2. The summed E-state index contributed by atoms with van der Waals surface area (Å²) in [4.78, 5) is 36.7. The molecule has 1 fully saturated rings. The summed E-state index contributed by atoms with van der Waals surface area (Å²) in [6.45, 7) is 9.20. The van der Waals surface area contributed by atoms with Crippen LogP contribution in [0.1, 0.15) is 79.5 Å². The molecule has 6 heteroatoms. The zero-order chi connectivity index (χ0) is 21.5. The fraction of sp³-hybridized carbons (Fsp3) is 0.500. The molecule has 1 saturated carbocycles. The molecule has 2 aliphatic rings. The van der Waals surface area contributed by atoms with Crippen LogP contribution in [0, 0.1) is 12.8 Å². The van der Waals surface area contributed by atoms with Gasteiger partial charge in [-0.3, -0.25) is 9.59 Å². The van der Waals surface area contributed by atoms with Crippen molar-refractivity contribution in [2.24, 2.45) is 5.92 Å². The Morgan fingerprint density at radius 2 is 1.87 bits per heavy atom. The van der Waals surface area contributed by atoms with Crippen molar-refractivity contribution >= 4 is 17.5 Å². The van der Waals surface area contributed by atoms with Gasteiger partial charge in [0.25, 0.3) is 5.91 Å². The fourth-order valence-electron chi connectivity index (χ4n) is 4.15. The highest BCUT2D eigenvalue weighted by Gasteiger charge is 2.29. The fourth-order valence-corrected chi connectivity index (χ4v) is 4.15. The number of nitrogens with one attached hydrogen (secondary N) is 1. The lowest BCUT2D eigenvalue weighted by atomic mass is 9.95. The number of aryl methyl sites for hydroxylation is 1. The van der Waals surface area contributed by atoms with E-state index in [2.05, 4.69) is 31.1 Å². The van der Waals surface area contributed by atoms with E-state index in [-0.39, 0.29) is 23.1 Å². The van der Waals surface area contributed by atoms with Gasteiger partial charge in [-0.2, -0.15) is 0 Å². The Morgan fingerprint density at radius 1 is 1.13 bits per heavy atom. The van der Waals surface area contributed by atoms with Crippen molar-refractivity contribution in [1.82, 2.24) is 14.9 Å². The average Bonchev–Trinajstić information content (AvgIpc) is 3.37. The Kier molecular flexibility index (Phi) is 5.35. The topological polar surface area (TPSA) is 75.2 Å². The second-order valence-electron chi connectivity index (χ2n) is 9.58. The van der Waals surface area contributed by atoms with Gasteiger partial charge in [-0.05, 0) is 37.5 Å². The van der Waals surface area contributed by atoms with Crippen molar-refractivity contribution in [2.45, 2.75) is 71.9 Å². The Labute approximate surface area is 178 Å². The maximum Gasteiger partial charge on any atom is 0.254 e. The highest BCUT2D eigenvalue weighted by molar-refractivity contribution is 5.98. The Bertz CT molecular complexity index is 987. The van der Waals surface area contributed by atoms with Crippen molar-refractivity contribution in [3.8, 4) is 0 Å². The van der Waals surface area contributed by atoms with Gasteiger partial charge in [0.15, 0.2) is 0 Å². The number of benzene rings is 1. The van der Waals surface area contributed by atoms with Crippen LogP contribution in [0.3, 0.4) is 0 Å². The first-order chi connectivity index (χ1) is 14.2. The molecule has 0 spiro atoms. The predicted molar refractivity (Wildman–Crippen MR) is 116 cm³/mol. The molecule has 2 amide bonds. The summed E-state index contributed by atoms with van der Waals surface area (Å²) in [5, 5.41) is 3.05. The number of carbonyl (C=O) groups excluding carboxylic acids is 2. The minimum absolute atomic E-state index is 0.0540. The molecule has 0 bridgehead atoms. The number of hydrogen-bond donors (Lipinski definition) is 1. The molecule has 0 atom stereocenters. The zero-order valence-corrected chi connectivity index (χ0v) is 18.3. The number of rotatable bonds is 3. The van der Waals surface area contributed by atoms with Crippen molar-refractivity contribution < 1.29 is 9.59 Å². The minimum atomic E-state index is -0.129. The third-order valence-corrected chi connectivity index (χ3v) is 6.08. The summed E-state index contributed by atoms with van der Waals surface area (Å²) in [5.41, 5.74) is 4.06. The smallest absolute Gasteiger partial charge is 0.254 e. The van der Waals surface area contributed by atoms with Gasteiger partial charge < -0.3 is 10.2 Å². The number of carbonyl (C=O) groups is 2. The predicted octanol–water partition coefficient (Wildman–Crippen LogP) is 4.37. The van der Waals surface area contributed by atoms with Crippen LogP contribution in [0.15, 0.2) is 24.4 Å². The highest BCUT2D eigenvalue weighted by Crippen LogP contribution is 2.29. The van der Waals surface area contributed by atoms with Crippen LogP contribution in [-0.2, 0) is 23.3 Å². The molecule has 0 saturated heterocycles. The molecule has 0 radical (unpaired) electrons. The molecule has 1 aliphatic heterocycles. The van der Waals surface area contributed by atoms with E-state index in [9.17, 15) is 9.59 Å². The quantitative estimate of drug-likeness (QED) is 0.821. The molecule has 2 heterocycles. The Hall–Kier alpha value is -2.76. The molecular weight excluding hydrogens is 376 g/mol. The van der Waals surface area contributed by atoms with Gasteiger partial charge in [0.2, 0.25) is 5.91 Å². The molecule has 30 heavy (non-hydrogen) atoms. The van der Waals surface area contributed by atoms with Crippen LogP contribution in [0.4, 0.5) is 5.69 Å². The monoisotopic (exact) mass is 406 g/mol. The highest BCUT2D eigenvalue weighted by atomic mass is 16.2. The van der Waals surface area contributed by atoms with Gasteiger partial charge in [-0.1, -0.05) is 39.7 Å². The number of anilines is 1. The molecule has 6 nitrogen and oxygen atoms in total. The molecule has 2 aromatic rings. The third-order valence-electron chi connectivity index (χ3n) is 6.08. The largest absolute Gasteiger partial charge is 0.328 e. The number of amides is 2. The van der Waals surface area contributed by atoms with Crippen molar-refractivity contribution in [2.75, 3.05) is 5.32 Å². The van der Waals surface area contributed by atoms with Gasteiger partial charge in [0.1, 0.15) is 5.82 Å². The van der Waals surface area contributed by atoms with Gasteiger partial charge in [0, 0.05) is 40.9 Å². The second-order valence-corrected chi connectivity index (χ2v) is 9.58. The molecule has 158 valence electrons. The summed E-state index contributed by atoms with van der Waals surface area (Å²) in [5.74, 6) is 0.899. The number of fused-ring (bicyclic) bond motifs is 1. The lowest BCUT2D eigenvalue weighted by molar-refractivity contribution is -0.119. The van der Waals surface area contributed by atoms with E-state index < -0.39 is 0 Å². The summed E-state index contributed by atoms with van der Waals surface area (Å²) < 4.78 is 0. The maximum atomic E-state index is 13.2. The summed E-state index contributed by atoms with van der Waals surface area (Å²) in [6, 6.07) is 5.54. The van der Waals surface area contributed by atoms with Crippen molar-refractivity contribution in [3.05, 3.63) is 52.6 Å². The number of nitrogens with zero attached hydrogens (tertiary/aromatic N) is 3. The summed E-state index contributed by atoms with van der Waals surface area (Å²) >= 11 is 0. The van der Waals surface area contributed by atoms with Crippen LogP contribution in [0.5, 0.6) is 0 Å². The second kappa shape index (κ2) is 7.82. The lowest BCUT2D eigenvalue weighted by Crippen LogP contribution is -2.26. The lowest BCUT2D eigenvalue weighted by Gasteiger charge is -2.18. The standard InChI is InChI=1S/C24H30N4O2/c1-15-9-10-17(11-19(15)26-21(29)16-7-5-6-8-16)22(30)28-13-18-12-25-23(24(2,3)4)27-20(18)14-28/h9-12,16H,5-8,13-14H2,1-4H3,(H,26,29). The summed E-state index contributed by atoms with van der Waals surface area (Å²) in [7, 11) is 0. The van der Waals surface area contributed by atoms with Crippen LogP contribution >= 0.6 is 0 Å². The Balaban J connectivity index is 1.50. The molecule has 1 aliphatic carbocycles. The van der Waals surface area contributed by atoms with Gasteiger partial charge in [-0.25, -0.2) is 9.97 Å². The SMILES string of the molecule is Cc1ccc(C(=O)N2Cc3cnc(C(C)(C)C)nc3C2)cc1NC(=O)C1CCCC1. The van der Waals surface area contributed by atoms with Crippen LogP contribution in [0.25, 0.3) is 0 Å². The first kappa shape index (κ1) is 20.5. The first-order valence-corrected chi connectivity index (χ1v) is 10.8. The van der Waals surface area contributed by atoms with Gasteiger partial charge in [0.05, 0.1) is 12.2 Å². The minimum Gasteiger partial charge on any atom is -0.328 e. The first-order valence-electron chi connectivity index (χ1n) is 10.8. The average molecular weight is 407 g/mol. The van der Waals surface area contributed by atoms with Gasteiger partial charge in [-0.15, -0.1) is 0 Å². The summed E-state index contributed by atoms with van der Waals surface area (Å²) in [6.07, 6.45) is 5.98. The van der Waals surface area contributed by atoms with E-state index in [1.54, 1.807) is 11.0 Å². The van der Waals surface area contributed by atoms with E-state index in [0.29, 0.717) is 18.7 Å². The van der Waals surface area contributed by atoms with Crippen molar-refractivity contribution in [3.63, 3.8) is 0 Å². The van der Waals surface area contributed by atoms with E-state index in [0.717, 1.165) is 54.0 Å². The number of aromatic nitrogens is 2. The molecule has 1 aromatic heterocycles. The number of hydrogen-bond acceptors (Lipinski definition) is 4. The molecule has 4 rings (SSSR count). The van der Waals surface area contributed by atoms with E-state index >= 15 is 0 Å². The zero-order valence-electron chi connectivity index (χ0n) is 18.3. The van der Waals surface area contributed by atoms with E-state index in [1.165, 1.54) is 0 Å². The molecule has 1 N–H and O–H groups in total. The maximum absolute atomic E-state index is 13.2. The van der Waals surface area contributed by atoms with Crippen molar-refractivity contribution in [1.29, 1.82) is 0 Å². The van der Waals surface area contributed by atoms with Crippen LogP contribution < -0.4 is 5.32 Å². The van der Waals surface area contributed by atoms with E-state index in [4.69, 9.17) is 4.98 Å². The van der Waals surface area contributed by atoms with E-state index in [1.807, 2.05) is 25.3 Å².